The molecule has 0 saturated carbocycles. The molecule has 1 atom stereocenters. The number of piperazine rings is 1. The zero-order chi connectivity index (χ0) is 29.9. The number of phenols is 1. The molecular formula is C31H33F3N6O2. The van der Waals surface area contributed by atoms with Crippen molar-refractivity contribution in [2.75, 3.05) is 39.8 Å². The number of para-hydroxylation sites is 1. The lowest BCUT2D eigenvalue weighted by Crippen LogP contribution is -2.48. The van der Waals surface area contributed by atoms with Crippen LogP contribution in [-0.2, 0) is 6.18 Å². The Bertz CT molecular complexity index is 1540. The Balaban J connectivity index is 1.40. The first kappa shape index (κ1) is 29.3. The first-order valence-corrected chi connectivity index (χ1v) is 13.7. The summed E-state index contributed by atoms with van der Waals surface area (Å²) in [7, 11) is 1.51. The van der Waals surface area contributed by atoms with E-state index in [1.807, 2.05) is 50.3 Å². The first-order valence-electron chi connectivity index (χ1n) is 13.7. The van der Waals surface area contributed by atoms with E-state index in [9.17, 15) is 18.3 Å². The summed E-state index contributed by atoms with van der Waals surface area (Å²) < 4.78 is 48.0. The van der Waals surface area contributed by atoms with Crippen LogP contribution < -0.4 is 4.74 Å². The van der Waals surface area contributed by atoms with E-state index < -0.39 is 17.8 Å². The Morgan fingerprint density at radius 3 is 2.38 bits per heavy atom. The molecule has 0 amide bonds. The minimum absolute atomic E-state index is 0.0877. The SMILES string of the molecule is COc1cc(C=CCN2CCN(C(c3cccc(C(F)(F)F)c3)c3nnnn3-c3c(C)cccc3C)CC2)ccc1O. The number of aromatic nitrogens is 4. The van der Waals surface area contributed by atoms with Crippen LogP contribution in [0.5, 0.6) is 11.5 Å². The summed E-state index contributed by atoms with van der Waals surface area (Å²) in [6.45, 7) is 7.28. The smallest absolute Gasteiger partial charge is 0.416 e. The van der Waals surface area contributed by atoms with Crippen molar-refractivity contribution in [2.45, 2.75) is 26.1 Å². The highest BCUT2D eigenvalue weighted by atomic mass is 19.4. The van der Waals surface area contributed by atoms with Gasteiger partial charge >= 0.3 is 6.18 Å². The molecule has 8 nitrogen and oxygen atoms in total. The predicted molar refractivity (Wildman–Crippen MR) is 154 cm³/mol. The van der Waals surface area contributed by atoms with Crippen LogP contribution in [0.3, 0.4) is 0 Å². The highest BCUT2D eigenvalue weighted by Crippen LogP contribution is 2.35. The molecule has 4 aromatic rings. The maximum Gasteiger partial charge on any atom is 0.416 e. The summed E-state index contributed by atoms with van der Waals surface area (Å²) in [5, 5.41) is 22.4. The highest BCUT2D eigenvalue weighted by molar-refractivity contribution is 5.55. The van der Waals surface area contributed by atoms with E-state index in [-0.39, 0.29) is 5.75 Å². The Morgan fingerprint density at radius 2 is 1.69 bits per heavy atom. The van der Waals surface area contributed by atoms with Crippen molar-refractivity contribution in [1.29, 1.82) is 0 Å². The van der Waals surface area contributed by atoms with Crippen molar-refractivity contribution in [3.8, 4) is 17.2 Å². The van der Waals surface area contributed by atoms with Gasteiger partial charge in [-0.05, 0) is 70.8 Å². The number of phenolic OH excluding ortho intramolecular Hbond substituents is 1. The molecule has 5 rings (SSSR count). The molecule has 220 valence electrons. The molecule has 0 aliphatic carbocycles. The minimum Gasteiger partial charge on any atom is -0.504 e. The lowest BCUT2D eigenvalue weighted by molar-refractivity contribution is -0.137. The molecule has 1 aromatic heterocycles. The van der Waals surface area contributed by atoms with Crippen LogP contribution in [0.2, 0.25) is 0 Å². The van der Waals surface area contributed by atoms with E-state index in [1.165, 1.54) is 19.2 Å². The van der Waals surface area contributed by atoms with Gasteiger partial charge in [0.2, 0.25) is 0 Å². The van der Waals surface area contributed by atoms with Gasteiger partial charge in [0.25, 0.3) is 0 Å². The standard InChI is InChI=1S/C31H33F3N6O2/c1-21-7-4-8-22(2)28(21)40-30(35-36-37-40)29(24-10-5-11-25(20-24)31(32,33)34)39-17-15-38(16-18-39)14-6-9-23-12-13-26(41)27(19-23)42-3/h4-13,19-20,29,41H,14-18H2,1-3H3. The zero-order valence-corrected chi connectivity index (χ0v) is 23.7. The lowest BCUT2D eigenvalue weighted by atomic mass is 10.00. The van der Waals surface area contributed by atoms with Gasteiger partial charge in [0.05, 0.1) is 24.4 Å². The van der Waals surface area contributed by atoms with Gasteiger partial charge in [-0.2, -0.15) is 17.9 Å². The number of hydrogen-bond acceptors (Lipinski definition) is 7. The van der Waals surface area contributed by atoms with Crippen molar-refractivity contribution >= 4 is 6.08 Å². The van der Waals surface area contributed by atoms with Crippen molar-refractivity contribution in [1.82, 2.24) is 30.0 Å². The summed E-state index contributed by atoms with van der Waals surface area (Å²) in [6.07, 6.45) is -0.447. The Hall–Kier alpha value is -4.22. The first-order chi connectivity index (χ1) is 20.2. The normalized spacial score (nSPS) is 15.8. The van der Waals surface area contributed by atoms with Crippen molar-refractivity contribution in [3.63, 3.8) is 0 Å². The summed E-state index contributed by atoms with van der Waals surface area (Å²) in [4.78, 5) is 4.43. The van der Waals surface area contributed by atoms with Crippen LogP contribution in [0.15, 0.2) is 66.7 Å². The maximum atomic E-state index is 13.7. The molecule has 1 saturated heterocycles. The van der Waals surface area contributed by atoms with E-state index in [2.05, 4.69) is 25.3 Å². The third kappa shape index (κ3) is 6.32. The molecule has 0 bridgehead atoms. The van der Waals surface area contributed by atoms with Gasteiger partial charge in [-0.1, -0.05) is 48.6 Å². The van der Waals surface area contributed by atoms with Gasteiger partial charge in [0, 0.05) is 32.7 Å². The number of benzene rings is 3. The molecule has 42 heavy (non-hydrogen) atoms. The number of rotatable bonds is 8. The van der Waals surface area contributed by atoms with E-state index in [4.69, 9.17) is 4.74 Å². The van der Waals surface area contributed by atoms with Gasteiger partial charge in [-0.3, -0.25) is 9.80 Å². The van der Waals surface area contributed by atoms with Crippen LogP contribution in [-0.4, -0.2) is 74.9 Å². The second-order valence-electron chi connectivity index (χ2n) is 10.4. The van der Waals surface area contributed by atoms with Crippen molar-refractivity contribution in [2.24, 2.45) is 0 Å². The monoisotopic (exact) mass is 578 g/mol. The Labute approximate surface area is 242 Å². The number of hydrogen-bond donors (Lipinski definition) is 1. The van der Waals surface area contributed by atoms with E-state index in [0.29, 0.717) is 49.9 Å². The molecule has 1 fully saturated rings. The number of nitrogens with zero attached hydrogens (tertiary/aromatic N) is 6. The van der Waals surface area contributed by atoms with Gasteiger partial charge in [0.15, 0.2) is 17.3 Å². The summed E-state index contributed by atoms with van der Waals surface area (Å²) >= 11 is 0. The molecule has 0 radical (unpaired) electrons. The fourth-order valence-electron chi connectivity index (χ4n) is 5.41. The van der Waals surface area contributed by atoms with Crippen LogP contribution in [0.25, 0.3) is 11.8 Å². The number of methoxy groups -OCH3 is 1. The van der Waals surface area contributed by atoms with Gasteiger partial charge in [0.1, 0.15) is 0 Å². The predicted octanol–water partition coefficient (Wildman–Crippen LogP) is 5.43. The van der Waals surface area contributed by atoms with E-state index in [0.717, 1.165) is 28.4 Å². The number of alkyl halides is 3. The van der Waals surface area contributed by atoms with Crippen molar-refractivity contribution in [3.05, 3.63) is 100 Å². The maximum absolute atomic E-state index is 13.7. The molecule has 1 aliphatic rings. The van der Waals surface area contributed by atoms with E-state index >= 15 is 0 Å². The average molecular weight is 579 g/mol. The third-order valence-electron chi connectivity index (χ3n) is 7.57. The molecule has 1 N–H and O–H groups in total. The fourth-order valence-corrected chi connectivity index (χ4v) is 5.41. The molecule has 2 heterocycles. The molecule has 1 unspecified atom stereocenters. The largest absolute Gasteiger partial charge is 0.504 e. The second kappa shape index (κ2) is 12.3. The summed E-state index contributed by atoms with van der Waals surface area (Å²) in [5.41, 5.74) is 3.45. The number of halogens is 3. The van der Waals surface area contributed by atoms with E-state index in [1.54, 1.807) is 22.9 Å². The highest BCUT2D eigenvalue weighted by Gasteiger charge is 2.35. The fraction of sp³-hybridized carbons (Fsp3) is 0.323. The van der Waals surface area contributed by atoms with Crippen molar-refractivity contribution < 1.29 is 23.0 Å². The second-order valence-corrected chi connectivity index (χ2v) is 10.4. The molecule has 11 heteroatoms. The number of aryl methyl sites for hydroxylation is 2. The zero-order valence-electron chi connectivity index (χ0n) is 23.7. The summed E-state index contributed by atoms with van der Waals surface area (Å²) in [6, 6.07) is 15.9. The Kier molecular flexibility index (Phi) is 8.60. The minimum atomic E-state index is -4.47. The average Bonchev–Trinajstić information content (AvgIpc) is 3.43. The van der Waals surface area contributed by atoms with Crippen LogP contribution in [0.4, 0.5) is 13.2 Å². The molecule has 3 aromatic carbocycles. The van der Waals surface area contributed by atoms with Gasteiger partial charge in [-0.25, -0.2) is 0 Å². The van der Waals surface area contributed by atoms with Crippen LogP contribution >= 0.6 is 0 Å². The van der Waals surface area contributed by atoms with Gasteiger partial charge in [-0.15, -0.1) is 5.10 Å². The van der Waals surface area contributed by atoms with Crippen LogP contribution in [0, 0.1) is 13.8 Å². The molecule has 0 spiro atoms. The quantitative estimate of drug-likeness (QED) is 0.299. The summed E-state index contributed by atoms with van der Waals surface area (Å²) in [5.74, 6) is 0.973. The third-order valence-corrected chi connectivity index (χ3v) is 7.57. The topological polar surface area (TPSA) is 79.5 Å². The Morgan fingerprint density at radius 1 is 0.976 bits per heavy atom. The number of aromatic hydroxyl groups is 1. The van der Waals surface area contributed by atoms with Crippen LogP contribution in [0.1, 0.15) is 39.7 Å². The molecular weight excluding hydrogens is 545 g/mol. The number of tetrazole rings is 1. The molecule has 1 aliphatic heterocycles. The number of ether oxygens (including phenoxy) is 1. The lowest BCUT2D eigenvalue weighted by Gasteiger charge is -2.38. The van der Waals surface area contributed by atoms with Gasteiger partial charge < -0.3 is 9.84 Å².